The van der Waals surface area contributed by atoms with Crippen LogP contribution < -0.4 is 5.32 Å². The zero-order valence-corrected chi connectivity index (χ0v) is 18.4. The molecule has 0 saturated heterocycles. The fourth-order valence-electron chi connectivity index (χ4n) is 2.84. The molecule has 164 valence electrons. The van der Waals surface area contributed by atoms with Crippen LogP contribution in [0.15, 0.2) is 64.4 Å². The van der Waals surface area contributed by atoms with E-state index in [1.54, 1.807) is 38.1 Å². The SMILES string of the molecule is CCOC(=O)C(C(=O)OCC)C(NC(C)=O)C(=O)c1ccc(Sc2ccccc2)cc1. The van der Waals surface area contributed by atoms with Gasteiger partial charge in [0.1, 0.15) is 6.04 Å². The van der Waals surface area contributed by atoms with Crippen molar-refractivity contribution in [2.45, 2.75) is 36.6 Å². The van der Waals surface area contributed by atoms with E-state index in [-0.39, 0.29) is 18.8 Å². The number of carbonyl (C=O) groups excluding carboxylic acids is 4. The predicted molar refractivity (Wildman–Crippen MR) is 116 cm³/mol. The Morgan fingerprint density at radius 2 is 1.35 bits per heavy atom. The molecule has 31 heavy (non-hydrogen) atoms. The molecule has 8 heteroatoms. The van der Waals surface area contributed by atoms with Crippen molar-refractivity contribution in [2.75, 3.05) is 13.2 Å². The number of carbonyl (C=O) groups is 4. The Balaban J connectivity index is 2.30. The molecule has 0 aliphatic carbocycles. The van der Waals surface area contributed by atoms with Crippen molar-refractivity contribution in [1.82, 2.24) is 5.32 Å². The van der Waals surface area contributed by atoms with E-state index in [0.717, 1.165) is 9.79 Å². The summed E-state index contributed by atoms with van der Waals surface area (Å²) >= 11 is 1.53. The van der Waals surface area contributed by atoms with Gasteiger partial charge in [-0.2, -0.15) is 0 Å². The van der Waals surface area contributed by atoms with Crippen LogP contribution in [-0.2, 0) is 23.9 Å². The highest BCUT2D eigenvalue weighted by Crippen LogP contribution is 2.28. The van der Waals surface area contributed by atoms with Gasteiger partial charge in [-0.25, -0.2) is 0 Å². The zero-order chi connectivity index (χ0) is 22.8. The molecule has 0 aliphatic rings. The van der Waals surface area contributed by atoms with Gasteiger partial charge in [-0.3, -0.25) is 19.2 Å². The Kier molecular flexibility index (Phi) is 9.27. The number of rotatable bonds is 10. The van der Waals surface area contributed by atoms with Crippen molar-refractivity contribution in [3.05, 3.63) is 60.2 Å². The smallest absolute Gasteiger partial charge is 0.322 e. The Morgan fingerprint density at radius 1 is 0.839 bits per heavy atom. The fraction of sp³-hybridized carbons (Fsp3) is 0.304. The summed E-state index contributed by atoms with van der Waals surface area (Å²) in [5, 5.41) is 2.42. The van der Waals surface area contributed by atoms with Gasteiger partial charge >= 0.3 is 11.9 Å². The number of amides is 1. The normalized spacial score (nSPS) is 11.5. The second kappa shape index (κ2) is 11.9. The number of Topliss-reactive ketones (excluding diaryl/α,β-unsaturated/α-hetero) is 1. The van der Waals surface area contributed by atoms with Gasteiger partial charge in [-0.1, -0.05) is 42.1 Å². The van der Waals surface area contributed by atoms with E-state index in [2.05, 4.69) is 5.32 Å². The van der Waals surface area contributed by atoms with E-state index in [1.165, 1.54) is 18.7 Å². The zero-order valence-electron chi connectivity index (χ0n) is 17.6. The summed E-state index contributed by atoms with van der Waals surface area (Å²) in [5.41, 5.74) is 0.245. The summed E-state index contributed by atoms with van der Waals surface area (Å²) in [6.45, 7) is 4.40. The lowest BCUT2D eigenvalue weighted by Crippen LogP contribution is -2.51. The van der Waals surface area contributed by atoms with Gasteiger partial charge in [0.05, 0.1) is 13.2 Å². The molecule has 0 aromatic heterocycles. The van der Waals surface area contributed by atoms with Gasteiger partial charge in [0, 0.05) is 22.3 Å². The molecular weight excluding hydrogens is 418 g/mol. The molecule has 0 fully saturated rings. The van der Waals surface area contributed by atoms with Crippen molar-refractivity contribution in [2.24, 2.45) is 5.92 Å². The molecule has 0 aliphatic heterocycles. The third-order valence-electron chi connectivity index (χ3n) is 4.17. The second-order valence-corrected chi connectivity index (χ2v) is 7.61. The Morgan fingerprint density at radius 3 is 1.84 bits per heavy atom. The molecular formula is C23H25NO6S. The van der Waals surface area contributed by atoms with Crippen molar-refractivity contribution < 1.29 is 28.7 Å². The van der Waals surface area contributed by atoms with Crippen LogP contribution in [0, 0.1) is 5.92 Å². The molecule has 2 aromatic carbocycles. The number of ketones is 1. The highest BCUT2D eigenvalue weighted by Gasteiger charge is 2.42. The molecule has 0 bridgehead atoms. The van der Waals surface area contributed by atoms with E-state index in [1.807, 2.05) is 30.3 Å². The Labute approximate surface area is 185 Å². The number of esters is 2. The number of hydrogen-bond acceptors (Lipinski definition) is 7. The average molecular weight is 444 g/mol. The van der Waals surface area contributed by atoms with Crippen molar-refractivity contribution >= 4 is 35.4 Å². The van der Waals surface area contributed by atoms with Crippen molar-refractivity contribution in [3.8, 4) is 0 Å². The van der Waals surface area contributed by atoms with Crippen LogP contribution in [0.4, 0.5) is 0 Å². The largest absolute Gasteiger partial charge is 0.465 e. The molecule has 0 radical (unpaired) electrons. The highest BCUT2D eigenvalue weighted by molar-refractivity contribution is 7.99. The molecule has 0 saturated carbocycles. The number of ether oxygens (including phenoxy) is 2. The molecule has 0 spiro atoms. The van der Waals surface area contributed by atoms with Crippen LogP contribution in [0.5, 0.6) is 0 Å². The molecule has 1 amide bonds. The van der Waals surface area contributed by atoms with Crippen LogP contribution in [-0.4, -0.2) is 42.9 Å². The highest BCUT2D eigenvalue weighted by atomic mass is 32.2. The number of hydrogen-bond donors (Lipinski definition) is 1. The van der Waals surface area contributed by atoms with Gasteiger partial charge in [0.15, 0.2) is 11.7 Å². The minimum atomic E-state index is -1.60. The first-order valence-corrected chi connectivity index (χ1v) is 10.7. The van der Waals surface area contributed by atoms with E-state index < -0.39 is 35.6 Å². The molecule has 0 heterocycles. The van der Waals surface area contributed by atoms with Crippen LogP contribution in [0.3, 0.4) is 0 Å². The average Bonchev–Trinajstić information content (AvgIpc) is 2.74. The summed E-state index contributed by atoms with van der Waals surface area (Å²) in [5.74, 6) is -4.60. The van der Waals surface area contributed by atoms with Gasteiger partial charge in [0.25, 0.3) is 0 Å². The lowest BCUT2D eigenvalue weighted by atomic mass is 9.92. The second-order valence-electron chi connectivity index (χ2n) is 6.46. The molecule has 1 N–H and O–H groups in total. The number of nitrogens with one attached hydrogen (secondary N) is 1. The Bertz CT molecular complexity index is 895. The minimum Gasteiger partial charge on any atom is -0.465 e. The number of benzene rings is 2. The maximum atomic E-state index is 13.2. The van der Waals surface area contributed by atoms with Crippen LogP contribution in [0.2, 0.25) is 0 Å². The third kappa shape index (κ3) is 6.96. The van der Waals surface area contributed by atoms with Gasteiger partial charge < -0.3 is 14.8 Å². The van der Waals surface area contributed by atoms with Crippen LogP contribution >= 0.6 is 11.8 Å². The molecule has 7 nitrogen and oxygen atoms in total. The standard InChI is InChI=1S/C23H25NO6S/c1-4-29-22(27)19(23(28)30-5-2)20(24-15(3)25)21(26)16-11-13-18(14-12-16)31-17-9-7-6-8-10-17/h6-14,19-20H,4-5H2,1-3H3,(H,24,25). The van der Waals surface area contributed by atoms with Gasteiger partial charge in [-0.15, -0.1) is 0 Å². The monoisotopic (exact) mass is 443 g/mol. The molecule has 2 rings (SSSR count). The van der Waals surface area contributed by atoms with Crippen molar-refractivity contribution in [1.29, 1.82) is 0 Å². The van der Waals surface area contributed by atoms with E-state index in [0.29, 0.717) is 0 Å². The van der Waals surface area contributed by atoms with E-state index in [9.17, 15) is 19.2 Å². The van der Waals surface area contributed by atoms with Gasteiger partial charge in [-0.05, 0) is 38.1 Å². The van der Waals surface area contributed by atoms with Crippen LogP contribution in [0.1, 0.15) is 31.1 Å². The third-order valence-corrected chi connectivity index (χ3v) is 5.19. The van der Waals surface area contributed by atoms with E-state index >= 15 is 0 Å². The molecule has 2 aromatic rings. The van der Waals surface area contributed by atoms with Crippen molar-refractivity contribution in [3.63, 3.8) is 0 Å². The van der Waals surface area contributed by atoms with Gasteiger partial charge in [0.2, 0.25) is 5.91 Å². The summed E-state index contributed by atoms with van der Waals surface area (Å²) in [6.07, 6.45) is 0. The quantitative estimate of drug-likeness (QED) is 0.342. The summed E-state index contributed by atoms with van der Waals surface area (Å²) in [4.78, 5) is 51.8. The van der Waals surface area contributed by atoms with E-state index in [4.69, 9.17) is 9.47 Å². The summed E-state index contributed by atoms with van der Waals surface area (Å²) in [7, 11) is 0. The topological polar surface area (TPSA) is 98.8 Å². The maximum Gasteiger partial charge on any atom is 0.322 e. The summed E-state index contributed by atoms with van der Waals surface area (Å²) < 4.78 is 9.92. The molecule has 1 atom stereocenters. The first-order chi connectivity index (χ1) is 14.9. The fourth-order valence-corrected chi connectivity index (χ4v) is 3.68. The minimum absolute atomic E-state index is 0.0150. The lowest BCUT2D eigenvalue weighted by molar-refractivity contribution is -0.162. The summed E-state index contributed by atoms with van der Waals surface area (Å²) in [6, 6.07) is 15.0. The maximum absolute atomic E-state index is 13.2. The Hall–Kier alpha value is -3.13. The first-order valence-electron chi connectivity index (χ1n) is 9.84. The predicted octanol–water partition coefficient (Wildman–Crippen LogP) is 3.27. The molecule has 1 unspecified atom stereocenters. The van der Waals surface area contributed by atoms with Crippen LogP contribution in [0.25, 0.3) is 0 Å². The first kappa shape index (κ1) is 24.1. The lowest BCUT2D eigenvalue weighted by Gasteiger charge is -2.24.